The van der Waals surface area contributed by atoms with Gasteiger partial charge in [0, 0.05) is 19.0 Å². The number of rotatable bonds is 7. The number of carbonyl (C=O) groups is 1. The molecule has 4 atom stereocenters. The summed E-state index contributed by atoms with van der Waals surface area (Å²) in [5.41, 5.74) is 0. The monoisotopic (exact) mass is 252 g/mol. The van der Waals surface area contributed by atoms with E-state index in [-0.39, 0.29) is 5.91 Å². The molecule has 3 heteroatoms. The number of amides is 1. The Morgan fingerprint density at radius 1 is 1.33 bits per heavy atom. The molecule has 0 aromatic heterocycles. The van der Waals surface area contributed by atoms with Gasteiger partial charge in [-0.25, -0.2) is 0 Å². The van der Waals surface area contributed by atoms with E-state index in [1.165, 1.54) is 25.7 Å². The molecule has 3 nitrogen and oxygen atoms in total. The Morgan fingerprint density at radius 3 is 2.78 bits per heavy atom. The first kappa shape index (κ1) is 13.9. The summed E-state index contributed by atoms with van der Waals surface area (Å²) in [4.78, 5) is 11.6. The van der Waals surface area contributed by atoms with E-state index in [0.717, 1.165) is 37.3 Å². The third-order valence-corrected chi connectivity index (χ3v) is 4.84. The van der Waals surface area contributed by atoms with Crippen LogP contribution in [0.2, 0.25) is 0 Å². The summed E-state index contributed by atoms with van der Waals surface area (Å²) in [6.45, 7) is 6.10. The van der Waals surface area contributed by atoms with Crippen LogP contribution >= 0.6 is 0 Å². The lowest BCUT2D eigenvalue weighted by Gasteiger charge is -2.21. The standard InChI is InChI=1S/C15H28N2O/c1-3-11(2)17-15(18)6-7-16-10-14-9-12-4-5-13(14)8-12/h11-14,16H,3-10H2,1-2H3,(H,17,18). The van der Waals surface area contributed by atoms with Crippen LogP contribution in [-0.4, -0.2) is 25.0 Å². The van der Waals surface area contributed by atoms with E-state index in [9.17, 15) is 4.79 Å². The fourth-order valence-electron chi connectivity index (χ4n) is 3.56. The topological polar surface area (TPSA) is 41.1 Å². The molecular formula is C15H28N2O. The first-order chi connectivity index (χ1) is 8.69. The van der Waals surface area contributed by atoms with Crippen molar-refractivity contribution in [2.24, 2.45) is 17.8 Å². The van der Waals surface area contributed by atoms with Crippen LogP contribution in [0.3, 0.4) is 0 Å². The van der Waals surface area contributed by atoms with Crippen molar-refractivity contribution < 1.29 is 4.79 Å². The van der Waals surface area contributed by atoms with Crippen LogP contribution in [0, 0.1) is 17.8 Å². The Balaban J connectivity index is 1.52. The van der Waals surface area contributed by atoms with Crippen LogP contribution < -0.4 is 10.6 Å². The van der Waals surface area contributed by atoms with Crippen molar-refractivity contribution in [2.45, 2.75) is 58.4 Å². The van der Waals surface area contributed by atoms with Gasteiger partial charge < -0.3 is 10.6 Å². The summed E-state index contributed by atoms with van der Waals surface area (Å²) in [7, 11) is 0. The molecule has 0 aromatic rings. The Kier molecular flexibility index (Phi) is 5.04. The molecule has 0 radical (unpaired) electrons. The third kappa shape index (κ3) is 3.71. The molecule has 104 valence electrons. The zero-order valence-corrected chi connectivity index (χ0v) is 11.9. The number of fused-ring (bicyclic) bond motifs is 2. The van der Waals surface area contributed by atoms with E-state index in [1.54, 1.807) is 0 Å². The highest BCUT2D eigenvalue weighted by atomic mass is 16.1. The molecule has 2 bridgehead atoms. The molecule has 1 amide bonds. The van der Waals surface area contributed by atoms with E-state index >= 15 is 0 Å². The molecule has 0 spiro atoms. The minimum atomic E-state index is 0.185. The largest absolute Gasteiger partial charge is 0.354 e. The van der Waals surface area contributed by atoms with Crippen LogP contribution in [0.5, 0.6) is 0 Å². The van der Waals surface area contributed by atoms with Gasteiger partial charge in [-0.1, -0.05) is 13.3 Å². The summed E-state index contributed by atoms with van der Waals surface area (Å²) >= 11 is 0. The van der Waals surface area contributed by atoms with Crippen LogP contribution in [0.4, 0.5) is 0 Å². The van der Waals surface area contributed by atoms with Crippen molar-refractivity contribution in [3.8, 4) is 0 Å². The summed E-state index contributed by atoms with van der Waals surface area (Å²) in [5.74, 6) is 3.08. The van der Waals surface area contributed by atoms with Crippen LogP contribution in [-0.2, 0) is 4.79 Å². The number of carbonyl (C=O) groups excluding carboxylic acids is 1. The maximum absolute atomic E-state index is 11.6. The number of hydrogen-bond acceptors (Lipinski definition) is 2. The average Bonchev–Trinajstić information content (AvgIpc) is 2.96. The summed E-state index contributed by atoms with van der Waals surface area (Å²) in [6, 6.07) is 0.308. The molecule has 0 saturated heterocycles. The predicted molar refractivity (Wildman–Crippen MR) is 74.3 cm³/mol. The smallest absolute Gasteiger partial charge is 0.221 e. The fourth-order valence-corrected chi connectivity index (χ4v) is 3.56. The average molecular weight is 252 g/mol. The Bertz CT molecular complexity index is 280. The molecule has 2 fully saturated rings. The molecule has 2 aliphatic carbocycles. The highest BCUT2D eigenvalue weighted by molar-refractivity contribution is 5.76. The SMILES string of the molecule is CCC(C)NC(=O)CCNCC1CC2CCC1C2. The zero-order valence-electron chi connectivity index (χ0n) is 11.9. The normalized spacial score (nSPS) is 31.6. The number of hydrogen-bond donors (Lipinski definition) is 2. The van der Waals surface area contributed by atoms with Gasteiger partial charge in [-0.15, -0.1) is 0 Å². The van der Waals surface area contributed by atoms with Gasteiger partial charge in [-0.3, -0.25) is 4.79 Å². The van der Waals surface area contributed by atoms with Gasteiger partial charge >= 0.3 is 0 Å². The minimum absolute atomic E-state index is 0.185. The second-order valence-corrected chi connectivity index (χ2v) is 6.27. The first-order valence-corrected chi connectivity index (χ1v) is 7.69. The lowest BCUT2D eigenvalue weighted by molar-refractivity contribution is -0.121. The van der Waals surface area contributed by atoms with E-state index < -0.39 is 0 Å². The Hall–Kier alpha value is -0.570. The van der Waals surface area contributed by atoms with Crippen LogP contribution in [0.25, 0.3) is 0 Å². The minimum Gasteiger partial charge on any atom is -0.354 e. The molecule has 2 aliphatic rings. The summed E-state index contributed by atoms with van der Waals surface area (Å²) in [6.07, 6.45) is 7.44. The molecule has 0 heterocycles. The molecule has 18 heavy (non-hydrogen) atoms. The molecule has 4 unspecified atom stereocenters. The predicted octanol–water partition coefficient (Wildman–Crippen LogP) is 2.32. The van der Waals surface area contributed by atoms with E-state index in [0.29, 0.717) is 12.5 Å². The van der Waals surface area contributed by atoms with Crippen molar-refractivity contribution >= 4 is 5.91 Å². The first-order valence-electron chi connectivity index (χ1n) is 7.69. The van der Waals surface area contributed by atoms with Crippen molar-refractivity contribution in [3.05, 3.63) is 0 Å². The number of nitrogens with one attached hydrogen (secondary N) is 2. The maximum Gasteiger partial charge on any atom is 0.221 e. The van der Waals surface area contributed by atoms with Gasteiger partial charge in [0.25, 0.3) is 0 Å². The van der Waals surface area contributed by atoms with E-state index in [1.807, 2.05) is 0 Å². The molecular weight excluding hydrogens is 224 g/mol. The Labute approximate surface area is 111 Å². The highest BCUT2D eigenvalue weighted by Gasteiger charge is 2.38. The fraction of sp³-hybridized carbons (Fsp3) is 0.933. The van der Waals surface area contributed by atoms with Crippen molar-refractivity contribution in [3.63, 3.8) is 0 Å². The van der Waals surface area contributed by atoms with E-state index in [2.05, 4.69) is 24.5 Å². The molecule has 2 saturated carbocycles. The second kappa shape index (κ2) is 6.55. The lowest BCUT2D eigenvalue weighted by atomic mass is 9.89. The van der Waals surface area contributed by atoms with Crippen LogP contribution in [0.15, 0.2) is 0 Å². The van der Waals surface area contributed by atoms with Gasteiger partial charge in [-0.05, 0) is 56.9 Å². The van der Waals surface area contributed by atoms with Crippen molar-refractivity contribution in [1.29, 1.82) is 0 Å². The van der Waals surface area contributed by atoms with Gasteiger partial charge in [0.05, 0.1) is 0 Å². The Morgan fingerprint density at radius 2 is 2.17 bits per heavy atom. The third-order valence-electron chi connectivity index (χ3n) is 4.84. The quantitative estimate of drug-likeness (QED) is 0.683. The van der Waals surface area contributed by atoms with Crippen molar-refractivity contribution in [1.82, 2.24) is 10.6 Å². The van der Waals surface area contributed by atoms with Crippen LogP contribution in [0.1, 0.15) is 52.4 Å². The van der Waals surface area contributed by atoms with Gasteiger partial charge in [-0.2, -0.15) is 0 Å². The van der Waals surface area contributed by atoms with Gasteiger partial charge in [0.15, 0.2) is 0 Å². The molecule has 0 aliphatic heterocycles. The molecule has 2 rings (SSSR count). The second-order valence-electron chi connectivity index (χ2n) is 6.27. The highest BCUT2D eigenvalue weighted by Crippen LogP contribution is 2.47. The summed E-state index contributed by atoms with van der Waals surface area (Å²) in [5, 5.41) is 6.48. The molecule has 2 N–H and O–H groups in total. The van der Waals surface area contributed by atoms with E-state index in [4.69, 9.17) is 0 Å². The van der Waals surface area contributed by atoms with Gasteiger partial charge in [0.1, 0.15) is 0 Å². The maximum atomic E-state index is 11.6. The van der Waals surface area contributed by atoms with Gasteiger partial charge in [0.2, 0.25) is 5.91 Å². The summed E-state index contributed by atoms with van der Waals surface area (Å²) < 4.78 is 0. The zero-order chi connectivity index (χ0) is 13.0. The molecule has 0 aromatic carbocycles. The lowest BCUT2D eigenvalue weighted by Crippen LogP contribution is -2.35. The van der Waals surface area contributed by atoms with Crippen molar-refractivity contribution in [2.75, 3.05) is 13.1 Å².